The predicted molar refractivity (Wildman–Crippen MR) is 82.8 cm³/mol. The third-order valence-electron chi connectivity index (χ3n) is 3.79. The van der Waals surface area contributed by atoms with Crippen LogP contribution in [0.25, 0.3) is 21.7 Å². The molecular formula is C18H14N2. The first kappa shape index (κ1) is 11.2. The first-order chi connectivity index (χ1) is 9.92. The van der Waals surface area contributed by atoms with Crippen molar-refractivity contribution in [2.24, 2.45) is 0 Å². The molecule has 0 saturated heterocycles. The molecule has 2 heteroatoms. The standard InChI is InChI=1S/C18H14N2/c1-2-6-15-13(5-1)9-10-19-18(15)11-14-12-20-17-8-4-3-7-16(14)17/h1-10,12,20H,11H2. The number of hydrogen-bond acceptors (Lipinski definition) is 1. The van der Waals surface area contributed by atoms with Crippen molar-refractivity contribution in [2.45, 2.75) is 6.42 Å². The summed E-state index contributed by atoms with van der Waals surface area (Å²) in [6.07, 6.45) is 4.84. The Kier molecular flexibility index (Phi) is 2.52. The number of benzene rings is 2. The van der Waals surface area contributed by atoms with E-state index in [0.717, 1.165) is 12.1 Å². The van der Waals surface area contributed by atoms with Gasteiger partial charge in [0.2, 0.25) is 0 Å². The second-order valence-electron chi connectivity index (χ2n) is 5.02. The summed E-state index contributed by atoms with van der Waals surface area (Å²) in [6.45, 7) is 0. The fourth-order valence-electron chi connectivity index (χ4n) is 2.78. The lowest BCUT2D eigenvalue weighted by molar-refractivity contribution is 1.11. The molecule has 0 aliphatic heterocycles. The minimum absolute atomic E-state index is 0.853. The van der Waals surface area contributed by atoms with Crippen LogP contribution in [0.5, 0.6) is 0 Å². The fourth-order valence-corrected chi connectivity index (χ4v) is 2.78. The highest BCUT2D eigenvalue weighted by Gasteiger charge is 2.07. The molecule has 0 radical (unpaired) electrons. The van der Waals surface area contributed by atoms with Gasteiger partial charge < -0.3 is 4.98 Å². The van der Waals surface area contributed by atoms with Gasteiger partial charge in [-0.2, -0.15) is 0 Å². The maximum atomic E-state index is 4.57. The third-order valence-corrected chi connectivity index (χ3v) is 3.79. The fraction of sp³-hybridized carbons (Fsp3) is 0.0556. The summed E-state index contributed by atoms with van der Waals surface area (Å²) in [5.41, 5.74) is 3.61. The summed E-state index contributed by atoms with van der Waals surface area (Å²) in [7, 11) is 0. The average molecular weight is 258 g/mol. The molecule has 20 heavy (non-hydrogen) atoms. The Bertz CT molecular complexity index is 885. The molecule has 2 heterocycles. The Morgan fingerprint density at radius 3 is 2.60 bits per heavy atom. The van der Waals surface area contributed by atoms with Gasteiger partial charge in [0.05, 0.1) is 5.69 Å². The normalized spacial score (nSPS) is 11.2. The first-order valence-corrected chi connectivity index (χ1v) is 6.79. The van der Waals surface area contributed by atoms with Gasteiger partial charge in [-0.05, 0) is 23.1 Å². The van der Waals surface area contributed by atoms with E-state index in [1.165, 1.54) is 27.2 Å². The van der Waals surface area contributed by atoms with Crippen molar-refractivity contribution in [3.63, 3.8) is 0 Å². The summed E-state index contributed by atoms with van der Waals surface area (Å²) >= 11 is 0. The van der Waals surface area contributed by atoms with E-state index in [0.29, 0.717) is 0 Å². The van der Waals surface area contributed by atoms with Crippen molar-refractivity contribution in [1.82, 2.24) is 9.97 Å². The minimum Gasteiger partial charge on any atom is -0.361 e. The highest BCUT2D eigenvalue weighted by molar-refractivity contribution is 5.87. The van der Waals surface area contributed by atoms with E-state index in [9.17, 15) is 0 Å². The van der Waals surface area contributed by atoms with Crippen molar-refractivity contribution < 1.29 is 0 Å². The number of pyridine rings is 1. The van der Waals surface area contributed by atoms with Crippen LogP contribution in [0.4, 0.5) is 0 Å². The maximum absolute atomic E-state index is 4.57. The van der Waals surface area contributed by atoms with Gasteiger partial charge in [-0.25, -0.2) is 0 Å². The molecule has 0 spiro atoms. The second-order valence-corrected chi connectivity index (χ2v) is 5.02. The smallest absolute Gasteiger partial charge is 0.0526 e. The van der Waals surface area contributed by atoms with Crippen molar-refractivity contribution in [1.29, 1.82) is 0 Å². The van der Waals surface area contributed by atoms with Crippen LogP contribution in [0.3, 0.4) is 0 Å². The van der Waals surface area contributed by atoms with Crippen LogP contribution in [-0.4, -0.2) is 9.97 Å². The largest absolute Gasteiger partial charge is 0.361 e. The lowest BCUT2D eigenvalue weighted by atomic mass is 10.0. The third kappa shape index (κ3) is 1.77. The quantitative estimate of drug-likeness (QED) is 0.570. The number of hydrogen-bond donors (Lipinski definition) is 1. The lowest BCUT2D eigenvalue weighted by Crippen LogP contribution is -1.92. The molecule has 1 N–H and O–H groups in total. The van der Waals surface area contributed by atoms with Crippen molar-refractivity contribution in [3.05, 3.63) is 78.2 Å². The highest BCUT2D eigenvalue weighted by Crippen LogP contribution is 2.23. The number of fused-ring (bicyclic) bond motifs is 2. The van der Waals surface area contributed by atoms with Crippen molar-refractivity contribution >= 4 is 21.7 Å². The van der Waals surface area contributed by atoms with Crippen LogP contribution in [0.2, 0.25) is 0 Å². The van der Waals surface area contributed by atoms with E-state index in [1.54, 1.807) is 0 Å². The van der Waals surface area contributed by atoms with Gasteiger partial charge in [-0.1, -0.05) is 42.5 Å². The zero-order valence-electron chi connectivity index (χ0n) is 11.0. The molecule has 0 bridgehead atoms. The number of aromatic nitrogens is 2. The molecule has 0 atom stereocenters. The van der Waals surface area contributed by atoms with E-state index in [2.05, 4.69) is 70.8 Å². The van der Waals surface area contributed by atoms with Crippen molar-refractivity contribution in [3.8, 4) is 0 Å². The Morgan fingerprint density at radius 2 is 1.65 bits per heavy atom. The topological polar surface area (TPSA) is 28.7 Å². The second kappa shape index (κ2) is 4.49. The number of nitrogens with zero attached hydrogens (tertiary/aromatic N) is 1. The summed E-state index contributed by atoms with van der Waals surface area (Å²) < 4.78 is 0. The summed E-state index contributed by atoms with van der Waals surface area (Å²) in [5.74, 6) is 0. The summed E-state index contributed by atoms with van der Waals surface area (Å²) in [5, 5.41) is 3.76. The van der Waals surface area contributed by atoms with Gasteiger partial charge in [0, 0.05) is 35.1 Å². The number of aromatic amines is 1. The van der Waals surface area contributed by atoms with Gasteiger partial charge in [0.15, 0.2) is 0 Å². The Morgan fingerprint density at radius 1 is 0.850 bits per heavy atom. The Balaban J connectivity index is 1.85. The highest BCUT2D eigenvalue weighted by atomic mass is 14.7. The molecule has 0 fully saturated rings. The number of H-pyrrole nitrogens is 1. The van der Waals surface area contributed by atoms with E-state index in [4.69, 9.17) is 0 Å². The summed E-state index contributed by atoms with van der Waals surface area (Å²) in [4.78, 5) is 7.90. The van der Waals surface area contributed by atoms with Crippen LogP contribution in [0.15, 0.2) is 67.0 Å². The molecule has 0 amide bonds. The molecule has 96 valence electrons. The monoisotopic (exact) mass is 258 g/mol. The maximum Gasteiger partial charge on any atom is 0.0526 e. The van der Waals surface area contributed by atoms with Crippen LogP contribution in [0, 0.1) is 0 Å². The van der Waals surface area contributed by atoms with Crippen LogP contribution in [0.1, 0.15) is 11.3 Å². The van der Waals surface area contributed by atoms with E-state index in [1.807, 2.05) is 6.20 Å². The van der Waals surface area contributed by atoms with Gasteiger partial charge in [-0.15, -0.1) is 0 Å². The molecule has 0 saturated carbocycles. The zero-order valence-corrected chi connectivity index (χ0v) is 11.0. The van der Waals surface area contributed by atoms with E-state index >= 15 is 0 Å². The zero-order chi connectivity index (χ0) is 13.4. The Hall–Kier alpha value is -2.61. The van der Waals surface area contributed by atoms with Gasteiger partial charge in [0.1, 0.15) is 0 Å². The summed E-state index contributed by atoms with van der Waals surface area (Å²) in [6, 6.07) is 18.9. The number of para-hydroxylation sites is 1. The number of rotatable bonds is 2. The predicted octanol–water partition coefficient (Wildman–Crippen LogP) is 4.31. The Labute approximate surface area is 117 Å². The van der Waals surface area contributed by atoms with Crippen LogP contribution >= 0.6 is 0 Å². The lowest BCUT2D eigenvalue weighted by Gasteiger charge is -2.04. The SMILES string of the molecule is c1ccc2c(Cc3c[nH]c4ccccc34)nccc2c1. The molecule has 4 aromatic rings. The van der Waals surface area contributed by atoms with Gasteiger partial charge in [-0.3, -0.25) is 4.98 Å². The molecule has 2 aromatic heterocycles. The first-order valence-electron chi connectivity index (χ1n) is 6.79. The van der Waals surface area contributed by atoms with E-state index < -0.39 is 0 Å². The van der Waals surface area contributed by atoms with Crippen molar-refractivity contribution in [2.75, 3.05) is 0 Å². The molecule has 0 aliphatic carbocycles. The minimum atomic E-state index is 0.853. The molecular weight excluding hydrogens is 244 g/mol. The van der Waals surface area contributed by atoms with Crippen LogP contribution < -0.4 is 0 Å². The van der Waals surface area contributed by atoms with Gasteiger partial charge in [0.25, 0.3) is 0 Å². The molecule has 0 unspecified atom stereocenters. The van der Waals surface area contributed by atoms with Gasteiger partial charge >= 0.3 is 0 Å². The average Bonchev–Trinajstić information content (AvgIpc) is 2.91. The van der Waals surface area contributed by atoms with E-state index in [-0.39, 0.29) is 0 Å². The van der Waals surface area contributed by atoms with Crippen LogP contribution in [-0.2, 0) is 6.42 Å². The molecule has 0 aliphatic rings. The molecule has 4 rings (SSSR count). The molecule has 2 aromatic carbocycles. The number of nitrogens with one attached hydrogen (secondary N) is 1. The molecule has 2 nitrogen and oxygen atoms in total.